The Bertz CT molecular complexity index is 548. The van der Waals surface area contributed by atoms with Crippen LogP contribution in [0.4, 0.5) is 0 Å². The van der Waals surface area contributed by atoms with E-state index in [1.807, 2.05) is 0 Å². The van der Waals surface area contributed by atoms with E-state index in [0.717, 1.165) is 36.9 Å². The third-order valence-electron chi connectivity index (χ3n) is 3.85. The molecule has 0 unspecified atom stereocenters. The second kappa shape index (κ2) is 6.70. The highest BCUT2D eigenvalue weighted by atomic mass is 16.5. The number of carbonyl (C=O) groups is 1. The first kappa shape index (κ1) is 14.8. The van der Waals surface area contributed by atoms with Crippen molar-refractivity contribution in [2.24, 2.45) is 0 Å². The maximum Gasteiger partial charge on any atom is 0.341 e. The molecule has 110 valence electrons. The molecule has 0 bridgehead atoms. The van der Waals surface area contributed by atoms with Crippen molar-refractivity contribution in [1.29, 1.82) is 0 Å². The number of carboxylic acids is 1. The number of methoxy groups -OCH3 is 1. The molecule has 1 aromatic rings. The van der Waals surface area contributed by atoms with Crippen LogP contribution in [0.5, 0.6) is 0 Å². The number of carboxylic acid groups (broad SMARTS) is 1. The minimum absolute atomic E-state index is 0.125. The molecule has 1 N–H and O–H groups in total. The number of aromatic nitrogens is 1. The average Bonchev–Trinajstić information content (AvgIpc) is 2.39. The van der Waals surface area contributed by atoms with Crippen LogP contribution in [0, 0.1) is 0 Å². The molecule has 1 aliphatic carbocycles. The quantitative estimate of drug-likeness (QED) is 0.913. The lowest BCUT2D eigenvalue weighted by atomic mass is 9.95. The highest BCUT2D eigenvalue weighted by Gasteiger charge is 2.19. The summed E-state index contributed by atoms with van der Waals surface area (Å²) in [6.45, 7) is 0.828. The van der Waals surface area contributed by atoms with Crippen molar-refractivity contribution >= 4 is 5.97 Å². The predicted octanol–water partition coefficient (Wildman–Crippen LogP) is 1.85. The number of hydrogen-bond donors (Lipinski definition) is 1. The summed E-state index contributed by atoms with van der Waals surface area (Å²) in [6.07, 6.45) is 6.12. The number of rotatable bonds is 4. The number of ether oxygens (including phenoxy) is 1. The van der Waals surface area contributed by atoms with Crippen molar-refractivity contribution in [2.45, 2.75) is 45.1 Å². The molecule has 5 heteroatoms. The van der Waals surface area contributed by atoms with Crippen LogP contribution in [0.2, 0.25) is 0 Å². The monoisotopic (exact) mass is 279 g/mol. The highest BCUT2D eigenvalue weighted by Crippen LogP contribution is 2.20. The van der Waals surface area contributed by atoms with Crippen LogP contribution < -0.4 is 5.56 Å². The number of aromatic carboxylic acids is 1. The summed E-state index contributed by atoms with van der Waals surface area (Å²) in [7, 11) is 1.58. The lowest BCUT2D eigenvalue weighted by molar-refractivity contribution is 0.0693. The fraction of sp³-hybridized carbons (Fsp3) is 0.600. The summed E-state index contributed by atoms with van der Waals surface area (Å²) in [5.41, 5.74) is 1.48. The van der Waals surface area contributed by atoms with Gasteiger partial charge in [-0.15, -0.1) is 0 Å². The van der Waals surface area contributed by atoms with Crippen LogP contribution in [0.3, 0.4) is 0 Å². The molecule has 0 aliphatic heterocycles. The van der Waals surface area contributed by atoms with Gasteiger partial charge in [0.15, 0.2) is 0 Å². The van der Waals surface area contributed by atoms with Crippen molar-refractivity contribution in [3.8, 4) is 0 Å². The van der Waals surface area contributed by atoms with E-state index >= 15 is 0 Å². The van der Waals surface area contributed by atoms with Gasteiger partial charge in [0.25, 0.3) is 5.56 Å². The van der Waals surface area contributed by atoms with E-state index in [-0.39, 0.29) is 5.56 Å². The molecule has 1 heterocycles. The highest BCUT2D eigenvalue weighted by molar-refractivity contribution is 5.87. The largest absolute Gasteiger partial charge is 0.477 e. The van der Waals surface area contributed by atoms with Crippen molar-refractivity contribution in [3.63, 3.8) is 0 Å². The third kappa shape index (κ3) is 3.10. The normalized spacial score (nSPS) is 15.2. The lowest BCUT2D eigenvalue weighted by Gasteiger charge is -2.20. The van der Waals surface area contributed by atoms with E-state index in [9.17, 15) is 14.7 Å². The molecule has 5 nitrogen and oxygen atoms in total. The molecule has 1 aromatic heterocycles. The molecule has 0 amide bonds. The van der Waals surface area contributed by atoms with Gasteiger partial charge in [0, 0.05) is 19.3 Å². The van der Waals surface area contributed by atoms with Crippen molar-refractivity contribution in [3.05, 3.63) is 33.2 Å². The van der Waals surface area contributed by atoms with E-state index in [4.69, 9.17) is 4.74 Å². The van der Waals surface area contributed by atoms with E-state index in [2.05, 4.69) is 0 Å². The van der Waals surface area contributed by atoms with Crippen molar-refractivity contribution in [1.82, 2.24) is 4.57 Å². The van der Waals surface area contributed by atoms with E-state index < -0.39 is 11.5 Å². The summed E-state index contributed by atoms with van der Waals surface area (Å²) < 4.78 is 6.65. The van der Waals surface area contributed by atoms with Crippen LogP contribution in [0.25, 0.3) is 0 Å². The first-order valence-corrected chi connectivity index (χ1v) is 7.13. The zero-order chi connectivity index (χ0) is 14.5. The molecule has 0 atom stereocenters. The van der Waals surface area contributed by atoms with Gasteiger partial charge in [-0.1, -0.05) is 12.8 Å². The second-order valence-electron chi connectivity index (χ2n) is 5.20. The Labute approximate surface area is 118 Å². The summed E-state index contributed by atoms with van der Waals surface area (Å²) in [5.74, 6) is -1.15. The molecule has 0 saturated heterocycles. The van der Waals surface area contributed by atoms with E-state index in [1.54, 1.807) is 17.7 Å². The second-order valence-corrected chi connectivity index (χ2v) is 5.20. The summed E-state index contributed by atoms with van der Waals surface area (Å²) in [4.78, 5) is 23.6. The van der Waals surface area contributed by atoms with E-state index in [0.29, 0.717) is 13.2 Å². The topological polar surface area (TPSA) is 68.5 Å². The predicted molar refractivity (Wildman–Crippen MR) is 75.4 cm³/mol. The molecule has 0 fully saturated rings. The standard InChI is InChI=1S/C15H21NO4/c1-20-9-8-16-13-7-5-3-2-4-6-11(13)10-12(14(16)17)15(18)19/h10H,2-9H2,1H3,(H,18,19). The molecular weight excluding hydrogens is 258 g/mol. The third-order valence-corrected chi connectivity index (χ3v) is 3.85. The average molecular weight is 279 g/mol. The Hall–Kier alpha value is -1.62. The summed E-state index contributed by atoms with van der Waals surface area (Å²) in [6, 6.07) is 1.58. The Kier molecular flexibility index (Phi) is 4.95. The molecular formula is C15H21NO4. The molecule has 0 saturated carbocycles. The summed E-state index contributed by atoms with van der Waals surface area (Å²) in [5, 5.41) is 9.20. The SMILES string of the molecule is COCCn1c2c(cc(C(=O)O)c1=O)CCCCCC2. The van der Waals surface area contributed by atoms with Crippen LogP contribution in [0.1, 0.15) is 47.3 Å². The first-order valence-electron chi connectivity index (χ1n) is 7.13. The summed E-state index contributed by atoms with van der Waals surface area (Å²) >= 11 is 0. The van der Waals surface area contributed by atoms with Gasteiger partial charge in [0.1, 0.15) is 5.56 Å². The van der Waals surface area contributed by atoms with Crippen molar-refractivity contribution in [2.75, 3.05) is 13.7 Å². The number of aryl methyl sites for hydroxylation is 1. The molecule has 20 heavy (non-hydrogen) atoms. The minimum Gasteiger partial charge on any atom is -0.477 e. The number of nitrogens with zero attached hydrogens (tertiary/aromatic N) is 1. The van der Waals surface area contributed by atoms with Crippen LogP contribution in [0.15, 0.2) is 10.9 Å². The lowest BCUT2D eigenvalue weighted by Crippen LogP contribution is -2.32. The van der Waals surface area contributed by atoms with Crippen LogP contribution in [-0.4, -0.2) is 29.4 Å². The zero-order valence-corrected chi connectivity index (χ0v) is 11.9. The Morgan fingerprint density at radius 1 is 1.30 bits per heavy atom. The van der Waals surface area contributed by atoms with Gasteiger partial charge in [0.05, 0.1) is 6.61 Å². The maximum atomic E-state index is 12.3. The van der Waals surface area contributed by atoms with Gasteiger partial charge in [-0.3, -0.25) is 4.79 Å². The van der Waals surface area contributed by atoms with Crippen LogP contribution >= 0.6 is 0 Å². The van der Waals surface area contributed by atoms with Gasteiger partial charge >= 0.3 is 5.97 Å². The first-order chi connectivity index (χ1) is 9.65. The van der Waals surface area contributed by atoms with Gasteiger partial charge in [-0.2, -0.15) is 0 Å². The van der Waals surface area contributed by atoms with Gasteiger partial charge in [0.2, 0.25) is 0 Å². The van der Waals surface area contributed by atoms with Gasteiger partial charge < -0.3 is 14.4 Å². The molecule has 0 aromatic carbocycles. The zero-order valence-electron chi connectivity index (χ0n) is 11.9. The fourth-order valence-electron chi connectivity index (χ4n) is 2.81. The number of pyridine rings is 1. The minimum atomic E-state index is -1.15. The Balaban J connectivity index is 2.54. The molecule has 1 aliphatic rings. The number of fused-ring (bicyclic) bond motifs is 1. The Morgan fingerprint density at radius 3 is 2.65 bits per heavy atom. The van der Waals surface area contributed by atoms with Crippen LogP contribution in [-0.2, 0) is 24.1 Å². The molecule has 0 radical (unpaired) electrons. The number of hydrogen-bond acceptors (Lipinski definition) is 3. The van der Waals surface area contributed by atoms with E-state index in [1.165, 1.54) is 12.8 Å². The molecule has 2 rings (SSSR count). The Morgan fingerprint density at radius 2 is 2.00 bits per heavy atom. The van der Waals surface area contributed by atoms with Gasteiger partial charge in [-0.05, 0) is 37.3 Å². The smallest absolute Gasteiger partial charge is 0.341 e. The van der Waals surface area contributed by atoms with Crippen molar-refractivity contribution < 1.29 is 14.6 Å². The molecule has 0 spiro atoms. The van der Waals surface area contributed by atoms with Gasteiger partial charge in [-0.25, -0.2) is 4.79 Å². The maximum absolute atomic E-state index is 12.3. The fourth-order valence-corrected chi connectivity index (χ4v) is 2.81.